The van der Waals surface area contributed by atoms with Gasteiger partial charge in [0, 0.05) is 20.1 Å². The molecule has 0 radical (unpaired) electrons. The molecule has 164 valence electrons. The highest BCUT2D eigenvalue weighted by Crippen LogP contribution is 2.34. The second kappa shape index (κ2) is 8.17. The molecule has 4 rings (SSSR count). The molecule has 2 aromatic rings. The van der Waals surface area contributed by atoms with E-state index in [0.717, 1.165) is 17.1 Å². The number of aromatic nitrogens is 2. The zero-order valence-corrected chi connectivity index (χ0v) is 18.7. The summed E-state index contributed by atoms with van der Waals surface area (Å²) in [4.78, 5) is 38.2. The summed E-state index contributed by atoms with van der Waals surface area (Å²) < 4.78 is 0. The summed E-state index contributed by atoms with van der Waals surface area (Å²) in [5, 5.41) is 6.32. The zero-order valence-electron chi connectivity index (χ0n) is 18.7. The van der Waals surface area contributed by atoms with E-state index in [4.69, 9.17) is 0 Å². The topological polar surface area (TPSA) is 90.5 Å². The van der Waals surface area contributed by atoms with E-state index in [9.17, 15) is 9.59 Å². The maximum absolute atomic E-state index is 12.8. The average molecular weight is 423 g/mol. The van der Waals surface area contributed by atoms with Crippen molar-refractivity contribution in [3.63, 3.8) is 0 Å². The van der Waals surface area contributed by atoms with Crippen LogP contribution < -0.4 is 15.5 Å². The number of nitrogens with one attached hydrogen (secondary N) is 2. The minimum absolute atomic E-state index is 0.0295. The molecule has 2 aliphatic rings. The molecule has 0 bridgehead atoms. The Kier molecular flexibility index (Phi) is 5.56. The van der Waals surface area contributed by atoms with Gasteiger partial charge >= 0.3 is 0 Å². The lowest BCUT2D eigenvalue weighted by Crippen LogP contribution is -2.58. The smallest absolute Gasteiger partial charge is 0.247 e. The molecule has 2 N–H and O–H groups in total. The fourth-order valence-electron chi connectivity index (χ4n) is 4.37. The number of hydrogen-bond donors (Lipinski definition) is 2. The molecule has 1 aromatic heterocycles. The van der Waals surface area contributed by atoms with Gasteiger partial charge in [-0.05, 0) is 25.3 Å². The fraction of sp³-hybridized carbons (Fsp3) is 0.478. The largest absolute Gasteiger partial charge is 0.348 e. The third kappa shape index (κ3) is 3.94. The van der Waals surface area contributed by atoms with Crippen LogP contribution in [0.4, 0.5) is 17.5 Å². The van der Waals surface area contributed by atoms with Crippen molar-refractivity contribution in [1.82, 2.24) is 14.9 Å². The Hall–Kier alpha value is -3.16. The highest BCUT2D eigenvalue weighted by Gasteiger charge is 2.37. The molecule has 1 fully saturated rings. The van der Waals surface area contributed by atoms with Crippen LogP contribution >= 0.6 is 0 Å². The summed E-state index contributed by atoms with van der Waals surface area (Å²) in [7, 11) is 1.90. The van der Waals surface area contributed by atoms with Gasteiger partial charge < -0.3 is 20.4 Å². The molecule has 3 heterocycles. The lowest BCUT2D eigenvalue weighted by Gasteiger charge is -2.41. The van der Waals surface area contributed by atoms with Crippen LogP contribution in [0.5, 0.6) is 0 Å². The number of fused-ring (bicyclic) bond motifs is 1. The summed E-state index contributed by atoms with van der Waals surface area (Å²) in [5.74, 6) is 1.34. The summed E-state index contributed by atoms with van der Waals surface area (Å²) in [6.07, 6.45) is 0. The van der Waals surface area contributed by atoms with E-state index < -0.39 is 0 Å². The average Bonchev–Trinajstić information content (AvgIpc) is 2.70. The van der Waals surface area contributed by atoms with Crippen LogP contribution in [0.3, 0.4) is 0 Å². The van der Waals surface area contributed by atoms with E-state index in [1.165, 1.54) is 0 Å². The minimum atomic E-state index is -0.272. The van der Waals surface area contributed by atoms with Gasteiger partial charge in [0.1, 0.15) is 11.7 Å². The Morgan fingerprint density at radius 3 is 2.48 bits per heavy atom. The maximum atomic E-state index is 12.8. The number of benzene rings is 1. The van der Waals surface area contributed by atoms with E-state index in [1.54, 1.807) is 0 Å². The molecule has 0 aliphatic carbocycles. The van der Waals surface area contributed by atoms with E-state index >= 15 is 0 Å². The number of carbonyl (C=O) groups is 2. The van der Waals surface area contributed by atoms with E-state index in [1.807, 2.05) is 74.9 Å². The fourth-order valence-corrected chi connectivity index (χ4v) is 4.37. The summed E-state index contributed by atoms with van der Waals surface area (Å²) in [5.41, 5.74) is 2.42. The SMILES string of the molecule is Cc1nc(NC2CN(C(=O)[C@@H](C)c3ccccc3)C2)nc2c1NC(=O)[C@H](C(C)C)N2C. The van der Waals surface area contributed by atoms with Gasteiger partial charge in [-0.25, -0.2) is 4.98 Å². The third-order valence-electron chi connectivity index (χ3n) is 6.17. The van der Waals surface area contributed by atoms with Crippen molar-refractivity contribution in [3.8, 4) is 0 Å². The van der Waals surface area contributed by atoms with Gasteiger partial charge in [0.2, 0.25) is 17.8 Å². The maximum Gasteiger partial charge on any atom is 0.247 e. The normalized spacial score (nSPS) is 19.5. The molecular weight excluding hydrogens is 392 g/mol. The van der Waals surface area contributed by atoms with E-state index in [0.29, 0.717) is 24.7 Å². The molecule has 8 heteroatoms. The van der Waals surface area contributed by atoms with Crippen molar-refractivity contribution in [1.29, 1.82) is 0 Å². The number of rotatable bonds is 5. The number of aryl methyl sites for hydroxylation is 1. The molecule has 0 saturated carbocycles. The first-order valence-corrected chi connectivity index (χ1v) is 10.8. The van der Waals surface area contributed by atoms with Gasteiger partial charge in [-0.15, -0.1) is 0 Å². The first kappa shape index (κ1) is 21.1. The Bertz CT molecular complexity index is 987. The van der Waals surface area contributed by atoms with Crippen LogP contribution in [0.2, 0.25) is 0 Å². The lowest BCUT2D eigenvalue weighted by atomic mass is 9.97. The van der Waals surface area contributed by atoms with Crippen LogP contribution in [0.25, 0.3) is 0 Å². The second-order valence-corrected chi connectivity index (χ2v) is 8.84. The van der Waals surface area contributed by atoms with Gasteiger partial charge in [0.15, 0.2) is 5.82 Å². The van der Waals surface area contributed by atoms with Crippen molar-refractivity contribution in [3.05, 3.63) is 41.6 Å². The zero-order chi connectivity index (χ0) is 22.3. The Morgan fingerprint density at radius 1 is 1.16 bits per heavy atom. The number of amides is 2. The van der Waals surface area contributed by atoms with Crippen LogP contribution in [-0.4, -0.2) is 58.9 Å². The molecule has 0 spiro atoms. The quantitative estimate of drug-likeness (QED) is 0.770. The van der Waals surface area contributed by atoms with Crippen LogP contribution in [0.15, 0.2) is 30.3 Å². The van der Waals surface area contributed by atoms with Gasteiger partial charge in [-0.1, -0.05) is 44.2 Å². The van der Waals surface area contributed by atoms with Gasteiger partial charge in [-0.3, -0.25) is 9.59 Å². The molecule has 2 aliphatic heterocycles. The van der Waals surface area contributed by atoms with Crippen molar-refractivity contribution in [2.45, 2.75) is 45.7 Å². The van der Waals surface area contributed by atoms with Crippen molar-refractivity contribution >= 4 is 29.3 Å². The third-order valence-corrected chi connectivity index (χ3v) is 6.17. The molecule has 0 unspecified atom stereocenters. The predicted octanol–water partition coefficient (Wildman–Crippen LogP) is 2.62. The van der Waals surface area contributed by atoms with E-state index in [-0.39, 0.29) is 35.7 Å². The monoisotopic (exact) mass is 422 g/mol. The first-order valence-electron chi connectivity index (χ1n) is 10.8. The molecular formula is C23H30N6O2. The summed E-state index contributed by atoms with van der Waals surface area (Å²) in [6.45, 7) is 9.11. The van der Waals surface area contributed by atoms with Crippen molar-refractivity contribution < 1.29 is 9.59 Å². The van der Waals surface area contributed by atoms with Gasteiger partial charge in [-0.2, -0.15) is 4.98 Å². The Labute approximate surface area is 183 Å². The summed E-state index contributed by atoms with van der Waals surface area (Å²) in [6, 6.07) is 9.68. The number of hydrogen-bond acceptors (Lipinski definition) is 6. The molecule has 8 nitrogen and oxygen atoms in total. The summed E-state index contributed by atoms with van der Waals surface area (Å²) >= 11 is 0. The van der Waals surface area contributed by atoms with E-state index in [2.05, 4.69) is 20.6 Å². The Morgan fingerprint density at radius 2 is 1.84 bits per heavy atom. The highest BCUT2D eigenvalue weighted by atomic mass is 16.2. The number of anilines is 3. The minimum Gasteiger partial charge on any atom is -0.348 e. The highest BCUT2D eigenvalue weighted by molar-refractivity contribution is 6.03. The van der Waals surface area contributed by atoms with Crippen LogP contribution in [0, 0.1) is 12.8 Å². The standard InChI is InChI=1S/C23H30N6O2/c1-13(2)19-21(30)26-18-15(4)24-23(27-20(18)28(19)5)25-17-11-29(12-17)22(31)14(3)16-9-7-6-8-10-16/h6-10,13-14,17,19H,11-12H2,1-5H3,(H,26,30)(H,24,25,27)/t14-,19-/m0/s1. The predicted molar refractivity (Wildman–Crippen MR) is 121 cm³/mol. The van der Waals surface area contributed by atoms with Crippen LogP contribution in [0.1, 0.15) is 37.9 Å². The molecule has 1 aromatic carbocycles. The molecule has 31 heavy (non-hydrogen) atoms. The number of carbonyl (C=O) groups excluding carboxylic acids is 2. The first-order chi connectivity index (χ1) is 14.8. The van der Waals surface area contributed by atoms with Gasteiger partial charge in [0.25, 0.3) is 0 Å². The molecule has 1 saturated heterocycles. The van der Waals surface area contributed by atoms with Crippen molar-refractivity contribution in [2.24, 2.45) is 5.92 Å². The second-order valence-electron chi connectivity index (χ2n) is 8.84. The molecule has 2 amide bonds. The molecule has 2 atom stereocenters. The number of nitrogens with zero attached hydrogens (tertiary/aromatic N) is 4. The van der Waals surface area contributed by atoms with Crippen LogP contribution in [-0.2, 0) is 9.59 Å². The number of likely N-dealkylation sites (N-methyl/N-ethyl adjacent to an activating group) is 1. The van der Waals surface area contributed by atoms with Crippen molar-refractivity contribution in [2.75, 3.05) is 35.7 Å². The lowest BCUT2D eigenvalue weighted by molar-refractivity contribution is -0.136. The van der Waals surface area contributed by atoms with Gasteiger partial charge in [0.05, 0.1) is 17.7 Å². The Balaban J connectivity index is 1.42. The number of likely N-dealkylation sites (tertiary alicyclic amines) is 1.